The zero-order chi connectivity index (χ0) is 18.4. The van der Waals surface area contributed by atoms with Crippen molar-refractivity contribution in [3.63, 3.8) is 0 Å². The highest BCUT2D eigenvalue weighted by Crippen LogP contribution is 2.29. The van der Waals surface area contributed by atoms with Gasteiger partial charge in [-0.3, -0.25) is 0 Å². The third-order valence-corrected chi connectivity index (χ3v) is 4.08. The number of aryl methyl sites for hydroxylation is 1. The number of rotatable bonds is 5. The molecule has 2 aromatic rings. The summed E-state index contributed by atoms with van der Waals surface area (Å²) in [4.78, 5) is 4.60. The smallest absolute Gasteiger partial charge is 0.191 e. The molecular formula is C20H25FIN3O2. The van der Waals surface area contributed by atoms with Crippen LogP contribution in [0.15, 0.2) is 41.4 Å². The molecule has 0 aromatic heterocycles. The van der Waals surface area contributed by atoms with Gasteiger partial charge < -0.3 is 20.1 Å². The SMILES string of the molecule is CCNC(=NCc1ccc(C)cc1)NCc1cc(F)cc2c1OCOC2.I. The number of guanidine groups is 1. The Kier molecular flexibility index (Phi) is 8.30. The van der Waals surface area contributed by atoms with Crippen molar-refractivity contribution in [3.8, 4) is 5.75 Å². The van der Waals surface area contributed by atoms with Crippen molar-refractivity contribution in [1.29, 1.82) is 0 Å². The minimum atomic E-state index is -0.295. The molecule has 27 heavy (non-hydrogen) atoms. The van der Waals surface area contributed by atoms with Gasteiger partial charge in [0.1, 0.15) is 11.6 Å². The lowest BCUT2D eigenvalue weighted by atomic mass is 10.1. The molecule has 0 spiro atoms. The van der Waals surface area contributed by atoms with Crippen LogP contribution in [0, 0.1) is 12.7 Å². The third-order valence-electron chi connectivity index (χ3n) is 4.08. The second-order valence-corrected chi connectivity index (χ2v) is 6.20. The van der Waals surface area contributed by atoms with Crippen LogP contribution in [0.3, 0.4) is 0 Å². The molecule has 0 saturated heterocycles. The van der Waals surface area contributed by atoms with Crippen LogP contribution in [0.25, 0.3) is 0 Å². The lowest BCUT2D eigenvalue weighted by Gasteiger charge is -2.21. The fourth-order valence-electron chi connectivity index (χ4n) is 2.77. The topological polar surface area (TPSA) is 54.9 Å². The number of hydrogen-bond donors (Lipinski definition) is 2. The van der Waals surface area contributed by atoms with Crippen LogP contribution in [-0.2, 0) is 24.4 Å². The average molecular weight is 485 g/mol. The number of aliphatic imine (C=N–C) groups is 1. The van der Waals surface area contributed by atoms with Crippen LogP contribution >= 0.6 is 24.0 Å². The summed E-state index contributed by atoms with van der Waals surface area (Å²) in [6.07, 6.45) is 0. The largest absolute Gasteiger partial charge is 0.467 e. The van der Waals surface area contributed by atoms with Gasteiger partial charge in [-0.25, -0.2) is 9.38 Å². The normalized spacial score (nSPS) is 13.2. The Hall–Kier alpha value is -1.87. The first-order valence-electron chi connectivity index (χ1n) is 8.75. The molecule has 1 aliphatic heterocycles. The lowest BCUT2D eigenvalue weighted by molar-refractivity contribution is -0.0172. The first-order valence-corrected chi connectivity index (χ1v) is 8.75. The van der Waals surface area contributed by atoms with E-state index in [4.69, 9.17) is 9.47 Å². The van der Waals surface area contributed by atoms with Gasteiger partial charge in [-0.15, -0.1) is 24.0 Å². The molecule has 1 heterocycles. The van der Waals surface area contributed by atoms with Gasteiger partial charge in [0.15, 0.2) is 12.8 Å². The lowest BCUT2D eigenvalue weighted by Crippen LogP contribution is -2.37. The molecule has 0 radical (unpaired) electrons. The Balaban J connectivity index is 0.00000261. The van der Waals surface area contributed by atoms with Crippen molar-refractivity contribution >= 4 is 29.9 Å². The molecule has 2 aromatic carbocycles. The fourth-order valence-corrected chi connectivity index (χ4v) is 2.77. The molecule has 1 aliphatic rings. The van der Waals surface area contributed by atoms with E-state index in [1.54, 1.807) is 0 Å². The van der Waals surface area contributed by atoms with Crippen molar-refractivity contribution in [1.82, 2.24) is 10.6 Å². The zero-order valence-corrected chi connectivity index (χ0v) is 17.9. The quantitative estimate of drug-likeness (QED) is 0.384. The second-order valence-electron chi connectivity index (χ2n) is 6.20. The summed E-state index contributed by atoms with van der Waals surface area (Å²) >= 11 is 0. The summed E-state index contributed by atoms with van der Waals surface area (Å²) in [7, 11) is 0. The van der Waals surface area contributed by atoms with E-state index in [-0.39, 0.29) is 36.6 Å². The van der Waals surface area contributed by atoms with Crippen molar-refractivity contribution in [2.45, 2.75) is 33.5 Å². The summed E-state index contributed by atoms with van der Waals surface area (Å²) in [5.41, 5.74) is 3.85. The van der Waals surface area contributed by atoms with E-state index >= 15 is 0 Å². The van der Waals surface area contributed by atoms with E-state index in [9.17, 15) is 4.39 Å². The Labute approximate surface area is 176 Å². The second kappa shape index (κ2) is 10.5. The van der Waals surface area contributed by atoms with Crippen LogP contribution in [0.5, 0.6) is 5.75 Å². The molecule has 0 fully saturated rings. The maximum absolute atomic E-state index is 13.8. The van der Waals surface area contributed by atoms with E-state index in [1.165, 1.54) is 17.7 Å². The molecule has 3 rings (SSSR count). The molecule has 5 nitrogen and oxygen atoms in total. The number of nitrogens with one attached hydrogen (secondary N) is 2. The van der Waals surface area contributed by atoms with Crippen molar-refractivity contribution < 1.29 is 13.9 Å². The number of benzene rings is 2. The molecule has 0 bridgehead atoms. The van der Waals surface area contributed by atoms with Crippen molar-refractivity contribution in [3.05, 3.63) is 64.5 Å². The number of nitrogens with zero attached hydrogens (tertiary/aromatic N) is 1. The molecule has 0 saturated carbocycles. The van der Waals surface area contributed by atoms with Crippen LogP contribution in [0.4, 0.5) is 4.39 Å². The van der Waals surface area contributed by atoms with Crippen LogP contribution < -0.4 is 15.4 Å². The van der Waals surface area contributed by atoms with Gasteiger partial charge in [0, 0.05) is 24.2 Å². The number of ether oxygens (including phenoxy) is 2. The van der Waals surface area contributed by atoms with Crippen molar-refractivity contribution in [2.75, 3.05) is 13.3 Å². The predicted octanol–water partition coefficient (Wildman–Crippen LogP) is 3.87. The summed E-state index contributed by atoms with van der Waals surface area (Å²) < 4.78 is 24.6. The van der Waals surface area contributed by atoms with E-state index in [1.807, 2.05) is 6.92 Å². The maximum Gasteiger partial charge on any atom is 0.191 e. The first kappa shape index (κ1) is 21.4. The Morgan fingerprint density at radius 2 is 1.96 bits per heavy atom. The highest BCUT2D eigenvalue weighted by atomic mass is 127. The molecule has 2 N–H and O–H groups in total. The fraction of sp³-hybridized carbons (Fsp3) is 0.350. The molecular weight excluding hydrogens is 460 g/mol. The Morgan fingerprint density at radius 1 is 1.19 bits per heavy atom. The third kappa shape index (κ3) is 6.07. The molecule has 146 valence electrons. The van der Waals surface area contributed by atoms with Gasteiger partial charge in [0.05, 0.1) is 13.2 Å². The van der Waals surface area contributed by atoms with Gasteiger partial charge in [-0.1, -0.05) is 29.8 Å². The zero-order valence-electron chi connectivity index (χ0n) is 15.5. The van der Waals surface area contributed by atoms with Gasteiger partial charge >= 0.3 is 0 Å². The molecule has 7 heteroatoms. The highest BCUT2D eigenvalue weighted by Gasteiger charge is 2.17. The monoisotopic (exact) mass is 485 g/mol. The summed E-state index contributed by atoms with van der Waals surface area (Å²) in [6, 6.07) is 11.2. The summed E-state index contributed by atoms with van der Waals surface area (Å²) in [5, 5.41) is 6.46. The summed E-state index contributed by atoms with van der Waals surface area (Å²) in [5.74, 6) is 1.08. The summed E-state index contributed by atoms with van der Waals surface area (Å²) in [6.45, 7) is 6.35. The molecule has 0 amide bonds. The number of halogens is 2. The van der Waals surface area contributed by atoms with Gasteiger partial charge in [-0.05, 0) is 31.5 Å². The minimum absolute atomic E-state index is 0. The van der Waals surface area contributed by atoms with Gasteiger partial charge in [0.2, 0.25) is 0 Å². The van der Waals surface area contributed by atoms with Gasteiger partial charge in [-0.2, -0.15) is 0 Å². The van der Waals surface area contributed by atoms with E-state index < -0.39 is 0 Å². The molecule has 0 atom stereocenters. The number of fused-ring (bicyclic) bond motifs is 1. The molecule has 0 aliphatic carbocycles. The van der Waals surface area contributed by atoms with Gasteiger partial charge in [0.25, 0.3) is 0 Å². The minimum Gasteiger partial charge on any atom is -0.467 e. The van der Waals surface area contributed by atoms with E-state index in [0.29, 0.717) is 31.4 Å². The molecule has 0 unspecified atom stereocenters. The van der Waals surface area contributed by atoms with Crippen LogP contribution in [-0.4, -0.2) is 19.3 Å². The maximum atomic E-state index is 13.8. The van der Waals surface area contributed by atoms with Crippen molar-refractivity contribution in [2.24, 2.45) is 4.99 Å². The Morgan fingerprint density at radius 3 is 2.70 bits per heavy atom. The van der Waals surface area contributed by atoms with E-state index in [2.05, 4.69) is 46.8 Å². The first-order chi connectivity index (χ1) is 12.7. The highest BCUT2D eigenvalue weighted by molar-refractivity contribution is 14.0. The van der Waals surface area contributed by atoms with Crippen LogP contribution in [0.1, 0.15) is 29.2 Å². The van der Waals surface area contributed by atoms with Crippen LogP contribution in [0.2, 0.25) is 0 Å². The van der Waals surface area contributed by atoms with E-state index in [0.717, 1.165) is 23.2 Å². The standard InChI is InChI=1S/C20H24FN3O2.HI/c1-3-22-20(23-10-15-6-4-14(2)5-7-15)24-11-16-8-18(21)9-17-12-25-13-26-19(16)17;/h4-9H,3,10-13H2,1-2H3,(H2,22,23,24);1H. The average Bonchev–Trinajstić information content (AvgIpc) is 2.65. The Bertz CT molecular complexity index is 782. The number of hydrogen-bond acceptors (Lipinski definition) is 3. The predicted molar refractivity (Wildman–Crippen MR) is 115 cm³/mol.